The van der Waals surface area contributed by atoms with Crippen LogP contribution in [0.15, 0.2) is 47.0 Å². The van der Waals surface area contributed by atoms with Crippen molar-refractivity contribution in [3.8, 4) is 22.8 Å². The molecular weight excluding hydrogens is 297 g/mol. The van der Waals surface area contributed by atoms with E-state index in [1.807, 2.05) is 12.1 Å². The second-order valence-corrected chi connectivity index (χ2v) is 4.96. The number of halogens is 2. The number of anilines is 1. The molecule has 0 aliphatic rings. The molecule has 0 atom stereocenters. The van der Waals surface area contributed by atoms with E-state index in [0.29, 0.717) is 27.1 Å². The normalized spacial score (nSPS) is 10.7. The molecule has 0 bridgehead atoms. The van der Waals surface area contributed by atoms with Gasteiger partial charge >= 0.3 is 0 Å². The Morgan fingerprint density at radius 1 is 1.00 bits per heavy atom. The van der Waals surface area contributed by atoms with Gasteiger partial charge in [-0.1, -0.05) is 46.6 Å². The number of nitrogens with two attached hydrogens (primary N) is 1. The van der Waals surface area contributed by atoms with Crippen molar-refractivity contribution in [2.75, 3.05) is 5.73 Å². The highest BCUT2D eigenvalue weighted by Crippen LogP contribution is 2.34. The van der Waals surface area contributed by atoms with Gasteiger partial charge in [0.2, 0.25) is 5.82 Å². The molecule has 0 saturated carbocycles. The Morgan fingerprint density at radius 3 is 2.40 bits per heavy atom. The monoisotopic (exact) mass is 305 g/mol. The summed E-state index contributed by atoms with van der Waals surface area (Å²) < 4.78 is 5.24. The van der Waals surface area contributed by atoms with Crippen molar-refractivity contribution in [3.05, 3.63) is 52.5 Å². The summed E-state index contributed by atoms with van der Waals surface area (Å²) in [5.41, 5.74) is 7.66. The molecule has 0 spiro atoms. The Balaban J connectivity index is 2.07. The molecule has 0 fully saturated rings. The molecule has 3 rings (SSSR count). The minimum Gasteiger partial charge on any atom is -0.399 e. The van der Waals surface area contributed by atoms with Crippen LogP contribution in [0.4, 0.5) is 5.69 Å². The first-order valence-corrected chi connectivity index (χ1v) is 6.55. The van der Waals surface area contributed by atoms with Crippen molar-refractivity contribution in [3.63, 3.8) is 0 Å². The first-order valence-electron chi connectivity index (χ1n) is 5.79. The third kappa shape index (κ3) is 2.35. The van der Waals surface area contributed by atoms with Crippen LogP contribution < -0.4 is 5.73 Å². The molecule has 0 aliphatic carbocycles. The minimum absolute atomic E-state index is 0.276. The minimum atomic E-state index is 0.276. The topological polar surface area (TPSA) is 64.9 Å². The lowest BCUT2D eigenvalue weighted by Crippen LogP contribution is -1.86. The number of benzene rings is 2. The van der Waals surface area contributed by atoms with Crippen LogP contribution in [0.2, 0.25) is 10.0 Å². The van der Waals surface area contributed by atoms with Gasteiger partial charge in [-0.2, -0.15) is 4.98 Å². The number of hydrogen-bond donors (Lipinski definition) is 1. The average molecular weight is 306 g/mol. The fourth-order valence-electron chi connectivity index (χ4n) is 1.82. The molecule has 2 aromatic carbocycles. The summed E-state index contributed by atoms with van der Waals surface area (Å²) in [5, 5.41) is 4.84. The summed E-state index contributed by atoms with van der Waals surface area (Å²) in [4.78, 5) is 4.31. The number of hydrogen-bond acceptors (Lipinski definition) is 4. The standard InChI is InChI=1S/C14H9Cl2N3O/c15-10-5-2-6-11(16)12(10)14-18-13(19-20-14)8-3-1-4-9(17)7-8/h1-7H,17H2. The largest absolute Gasteiger partial charge is 0.399 e. The summed E-state index contributed by atoms with van der Waals surface area (Å²) in [6.45, 7) is 0. The second kappa shape index (κ2) is 5.15. The molecule has 0 saturated heterocycles. The fraction of sp³-hybridized carbons (Fsp3) is 0. The van der Waals surface area contributed by atoms with E-state index >= 15 is 0 Å². The summed E-state index contributed by atoms with van der Waals surface area (Å²) >= 11 is 12.2. The summed E-state index contributed by atoms with van der Waals surface area (Å²) in [7, 11) is 0. The molecule has 0 amide bonds. The zero-order valence-electron chi connectivity index (χ0n) is 10.2. The highest BCUT2D eigenvalue weighted by Gasteiger charge is 2.16. The zero-order chi connectivity index (χ0) is 14.1. The highest BCUT2D eigenvalue weighted by atomic mass is 35.5. The van der Waals surface area contributed by atoms with Crippen molar-refractivity contribution in [1.82, 2.24) is 10.1 Å². The van der Waals surface area contributed by atoms with E-state index in [-0.39, 0.29) is 5.89 Å². The van der Waals surface area contributed by atoms with E-state index in [9.17, 15) is 0 Å². The van der Waals surface area contributed by atoms with E-state index in [1.165, 1.54) is 0 Å². The van der Waals surface area contributed by atoms with Gasteiger partial charge in [0.05, 0.1) is 15.6 Å². The number of rotatable bonds is 2. The molecule has 100 valence electrons. The fourth-order valence-corrected chi connectivity index (χ4v) is 2.38. The van der Waals surface area contributed by atoms with Crippen LogP contribution in [0, 0.1) is 0 Å². The van der Waals surface area contributed by atoms with E-state index in [2.05, 4.69) is 10.1 Å². The van der Waals surface area contributed by atoms with Gasteiger partial charge in [0.1, 0.15) is 0 Å². The average Bonchev–Trinajstić information content (AvgIpc) is 2.88. The highest BCUT2D eigenvalue weighted by molar-refractivity contribution is 6.38. The van der Waals surface area contributed by atoms with Crippen LogP contribution in [0.5, 0.6) is 0 Å². The Bertz CT molecular complexity index is 750. The maximum atomic E-state index is 6.11. The lowest BCUT2D eigenvalue weighted by Gasteiger charge is -2.00. The molecule has 2 N–H and O–H groups in total. The second-order valence-electron chi connectivity index (χ2n) is 4.15. The Labute approximate surface area is 125 Å². The first-order chi connectivity index (χ1) is 9.65. The van der Waals surface area contributed by atoms with Gasteiger partial charge in [-0.25, -0.2) is 0 Å². The Kier molecular flexibility index (Phi) is 3.34. The quantitative estimate of drug-likeness (QED) is 0.717. The van der Waals surface area contributed by atoms with E-state index in [4.69, 9.17) is 33.5 Å². The molecule has 1 heterocycles. The lowest BCUT2D eigenvalue weighted by molar-refractivity contribution is 0.432. The van der Waals surface area contributed by atoms with Crippen LogP contribution in [-0.2, 0) is 0 Å². The number of nitrogens with zero attached hydrogens (tertiary/aromatic N) is 2. The molecule has 6 heteroatoms. The molecule has 0 radical (unpaired) electrons. The van der Waals surface area contributed by atoms with Crippen molar-refractivity contribution in [1.29, 1.82) is 0 Å². The molecule has 3 aromatic rings. The first kappa shape index (κ1) is 13.0. The van der Waals surface area contributed by atoms with E-state index in [0.717, 1.165) is 5.56 Å². The lowest BCUT2D eigenvalue weighted by atomic mass is 10.2. The SMILES string of the molecule is Nc1cccc(-c2noc(-c3c(Cl)cccc3Cl)n2)c1. The van der Waals surface area contributed by atoms with Gasteiger partial charge in [-0.05, 0) is 24.3 Å². The van der Waals surface area contributed by atoms with Gasteiger partial charge in [-0.3, -0.25) is 0 Å². The predicted molar refractivity (Wildman–Crippen MR) is 79.6 cm³/mol. The van der Waals surface area contributed by atoms with Crippen LogP contribution in [0.3, 0.4) is 0 Å². The van der Waals surface area contributed by atoms with E-state index < -0.39 is 0 Å². The van der Waals surface area contributed by atoms with Crippen molar-refractivity contribution < 1.29 is 4.52 Å². The molecule has 1 aromatic heterocycles. The number of aromatic nitrogens is 2. The molecular formula is C14H9Cl2N3O. The van der Waals surface area contributed by atoms with E-state index in [1.54, 1.807) is 30.3 Å². The van der Waals surface area contributed by atoms with Crippen LogP contribution in [-0.4, -0.2) is 10.1 Å². The van der Waals surface area contributed by atoms with Crippen molar-refractivity contribution >= 4 is 28.9 Å². The predicted octanol–water partition coefficient (Wildman–Crippen LogP) is 4.29. The molecule has 20 heavy (non-hydrogen) atoms. The van der Waals surface area contributed by atoms with Crippen molar-refractivity contribution in [2.24, 2.45) is 0 Å². The van der Waals surface area contributed by atoms with Gasteiger partial charge in [0.15, 0.2) is 0 Å². The van der Waals surface area contributed by atoms with Crippen LogP contribution >= 0.6 is 23.2 Å². The Hall–Kier alpha value is -2.04. The van der Waals surface area contributed by atoms with Gasteiger partial charge in [-0.15, -0.1) is 0 Å². The maximum Gasteiger partial charge on any atom is 0.261 e. The van der Waals surface area contributed by atoms with Gasteiger partial charge in [0, 0.05) is 11.3 Å². The maximum absolute atomic E-state index is 6.11. The zero-order valence-corrected chi connectivity index (χ0v) is 11.7. The third-order valence-electron chi connectivity index (χ3n) is 2.75. The molecule has 4 nitrogen and oxygen atoms in total. The van der Waals surface area contributed by atoms with Crippen molar-refractivity contribution in [2.45, 2.75) is 0 Å². The summed E-state index contributed by atoms with van der Waals surface area (Å²) in [6.07, 6.45) is 0. The van der Waals surface area contributed by atoms with Gasteiger partial charge in [0.25, 0.3) is 5.89 Å². The van der Waals surface area contributed by atoms with Crippen LogP contribution in [0.1, 0.15) is 0 Å². The molecule has 0 unspecified atom stereocenters. The summed E-state index contributed by atoms with van der Waals surface area (Å²) in [6, 6.07) is 12.4. The smallest absolute Gasteiger partial charge is 0.261 e. The van der Waals surface area contributed by atoms with Crippen LogP contribution in [0.25, 0.3) is 22.8 Å². The third-order valence-corrected chi connectivity index (χ3v) is 3.38. The Morgan fingerprint density at radius 2 is 1.70 bits per heavy atom. The number of nitrogen functional groups attached to an aromatic ring is 1. The van der Waals surface area contributed by atoms with Gasteiger partial charge < -0.3 is 10.3 Å². The molecule has 0 aliphatic heterocycles. The summed E-state index contributed by atoms with van der Waals surface area (Å²) in [5.74, 6) is 0.710.